The Hall–Kier alpha value is -2.67. The van der Waals surface area contributed by atoms with E-state index in [0.717, 1.165) is 17.7 Å². The molecule has 0 spiro atoms. The van der Waals surface area contributed by atoms with Crippen molar-refractivity contribution in [3.8, 4) is 5.75 Å². The van der Waals surface area contributed by atoms with Gasteiger partial charge in [0.2, 0.25) is 0 Å². The van der Waals surface area contributed by atoms with Gasteiger partial charge in [0.1, 0.15) is 6.61 Å². The summed E-state index contributed by atoms with van der Waals surface area (Å²) in [5.41, 5.74) is 0.714. The molecule has 1 amide bonds. The Morgan fingerprint density at radius 3 is 2.39 bits per heavy atom. The zero-order chi connectivity index (χ0) is 16.7. The smallest absolute Gasteiger partial charge is 0.411 e. The lowest BCUT2D eigenvalue weighted by atomic mass is 10.2. The number of amides is 1. The molecule has 7 heteroatoms. The van der Waals surface area contributed by atoms with E-state index in [-0.39, 0.29) is 19.1 Å². The van der Waals surface area contributed by atoms with Crippen molar-refractivity contribution in [3.63, 3.8) is 0 Å². The highest BCUT2D eigenvalue weighted by atomic mass is 19.1. The summed E-state index contributed by atoms with van der Waals surface area (Å²) in [6, 6.07) is 10.9. The molecule has 2 aromatic rings. The SMILES string of the molecule is COCOc1c(F)cc(NC(=O)OCc2ccccc2)cc1F. The van der Waals surface area contributed by atoms with E-state index in [2.05, 4.69) is 10.1 Å². The average Bonchev–Trinajstić information content (AvgIpc) is 2.53. The largest absolute Gasteiger partial charge is 0.461 e. The number of hydrogen-bond acceptors (Lipinski definition) is 4. The molecule has 0 saturated heterocycles. The summed E-state index contributed by atoms with van der Waals surface area (Å²) in [6.45, 7) is -0.244. The van der Waals surface area contributed by atoms with E-state index in [1.807, 2.05) is 6.07 Å². The molecule has 0 aliphatic carbocycles. The fourth-order valence-corrected chi connectivity index (χ4v) is 1.76. The van der Waals surface area contributed by atoms with Crippen LogP contribution in [0.25, 0.3) is 0 Å². The van der Waals surface area contributed by atoms with Gasteiger partial charge in [-0.05, 0) is 5.56 Å². The van der Waals surface area contributed by atoms with Crippen molar-refractivity contribution >= 4 is 11.8 Å². The minimum atomic E-state index is -0.958. The van der Waals surface area contributed by atoms with Gasteiger partial charge in [-0.15, -0.1) is 0 Å². The van der Waals surface area contributed by atoms with Gasteiger partial charge in [-0.25, -0.2) is 13.6 Å². The zero-order valence-electron chi connectivity index (χ0n) is 12.3. The van der Waals surface area contributed by atoms with E-state index in [1.54, 1.807) is 24.3 Å². The molecule has 0 heterocycles. The molecule has 0 unspecified atom stereocenters. The lowest BCUT2D eigenvalue weighted by Crippen LogP contribution is -2.14. The fraction of sp³-hybridized carbons (Fsp3) is 0.188. The van der Waals surface area contributed by atoms with Crippen LogP contribution in [0.4, 0.5) is 19.3 Å². The Morgan fingerprint density at radius 2 is 1.78 bits per heavy atom. The first kappa shape index (κ1) is 16.7. The number of carbonyl (C=O) groups is 1. The summed E-state index contributed by atoms with van der Waals surface area (Å²) in [7, 11) is 1.33. The van der Waals surface area contributed by atoms with Crippen molar-refractivity contribution in [1.29, 1.82) is 0 Å². The van der Waals surface area contributed by atoms with Crippen molar-refractivity contribution in [2.75, 3.05) is 19.2 Å². The number of hydrogen-bond donors (Lipinski definition) is 1. The van der Waals surface area contributed by atoms with Crippen LogP contribution in [-0.4, -0.2) is 20.0 Å². The van der Waals surface area contributed by atoms with Gasteiger partial charge >= 0.3 is 6.09 Å². The van der Waals surface area contributed by atoms with Crippen LogP contribution in [0.2, 0.25) is 0 Å². The first-order chi connectivity index (χ1) is 11.1. The highest BCUT2D eigenvalue weighted by Crippen LogP contribution is 2.25. The lowest BCUT2D eigenvalue weighted by Gasteiger charge is -2.10. The van der Waals surface area contributed by atoms with Crippen LogP contribution in [0.5, 0.6) is 5.75 Å². The quantitative estimate of drug-likeness (QED) is 0.824. The van der Waals surface area contributed by atoms with E-state index in [0.29, 0.717) is 0 Å². The molecule has 0 atom stereocenters. The number of nitrogens with one attached hydrogen (secondary N) is 1. The standard InChI is InChI=1S/C16H15F2NO4/c1-21-10-23-15-13(17)7-12(8-14(15)18)19-16(20)22-9-11-5-3-2-4-6-11/h2-8H,9-10H2,1H3,(H,19,20). The maximum atomic E-state index is 13.7. The van der Waals surface area contributed by atoms with Gasteiger partial charge in [0.15, 0.2) is 24.2 Å². The molecule has 2 aromatic carbocycles. The average molecular weight is 323 g/mol. The monoisotopic (exact) mass is 323 g/mol. The second-order valence-corrected chi connectivity index (χ2v) is 4.51. The Balaban J connectivity index is 1.95. The van der Waals surface area contributed by atoms with Gasteiger partial charge in [0.05, 0.1) is 5.69 Å². The van der Waals surface area contributed by atoms with E-state index in [1.165, 1.54) is 7.11 Å². The maximum Gasteiger partial charge on any atom is 0.411 e. The summed E-state index contributed by atoms with van der Waals surface area (Å²) < 4.78 is 41.8. The van der Waals surface area contributed by atoms with Crippen molar-refractivity contribution in [1.82, 2.24) is 0 Å². The van der Waals surface area contributed by atoms with Gasteiger partial charge in [-0.2, -0.15) is 0 Å². The van der Waals surface area contributed by atoms with Gasteiger partial charge in [0.25, 0.3) is 0 Å². The topological polar surface area (TPSA) is 56.8 Å². The summed E-state index contributed by atoms with van der Waals surface area (Å²) in [6.07, 6.45) is -0.821. The van der Waals surface area contributed by atoms with Gasteiger partial charge < -0.3 is 14.2 Å². The predicted molar refractivity (Wildman–Crippen MR) is 79.1 cm³/mol. The maximum absolute atomic E-state index is 13.7. The Kier molecular flexibility index (Phi) is 5.87. The van der Waals surface area contributed by atoms with Gasteiger partial charge in [0, 0.05) is 19.2 Å². The first-order valence-electron chi connectivity index (χ1n) is 6.68. The van der Waals surface area contributed by atoms with Crippen molar-refractivity contribution in [2.45, 2.75) is 6.61 Å². The van der Waals surface area contributed by atoms with Crippen molar-refractivity contribution in [2.24, 2.45) is 0 Å². The second kappa shape index (κ2) is 8.09. The van der Waals surface area contributed by atoms with E-state index in [4.69, 9.17) is 9.47 Å². The molecule has 0 aliphatic rings. The van der Waals surface area contributed by atoms with E-state index < -0.39 is 23.5 Å². The number of anilines is 1. The highest BCUT2D eigenvalue weighted by molar-refractivity contribution is 5.84. The Labute approximate surface area is 131 Å². The first-order valence-corrected chi connectivity index (χ1v) is 6.68. The predicted octanol–water partition coefficient (Wildman–Crippen LogP) is 3.70. The molecule has 0 bridgehead atoms. The summed E-state index contributed by atoms with van der Waals surface area (Å²) >= 11 is 0. The second-order valence-electron chi connectivity index (χ2n) is 4.51. The number of rotatable bonds is 6. The third-order valence-corrected chi connectivity index (χ3v) is 2.78. The minimum Gasteiger partial charge on any atom is -0.461 e. The molecule has 0 radical (unpaired) electrons. The summed E-state index contributed by atoms with van der Waals surface area (Å²) in [5.74, 6) is -2.49. The van der Waals surface area contributed by atoms with Crippen LogP contribution in [0.1, 0.15) is 5.56 Å². The fourth-order valence-electron chi connectivity index (χ4n) is 1.76. The summed E-state index contributed by atoms with van der Waals surface area (Å²) in [4.78, 5) is 11.6. The number of carbonyl (C=O) groups excluding carboxylic acids is 1. The molecule has 0 aromatic heterocycles. The molecule has 5 nitrogen and oxygen atoms in total. The van der Waals surface area contributed by atoms with Crippen LogP contribution < -0.4 is 10.1 Å². The summed E-state index contributed by atoms with van der Waals surface area (Å²) in [5, 5.41) is 2.25. The molecule has 1 N–H and O–H groups in total. The molecule has 2 rings (SSSR count). The number of benzene rings is 2. The number of halogens is 2. The van der Waals surface area contributed by atoms with E-state index in [9.17, 15) is 13.6 Å². The van der Waals surface area contributed by atoms with Crippen molar-refractivity contribution in [3.05, 3.63) is 59.7 Å². The molecule has 0 saturated carbocycles. The van der Waals surface area contributed by atoms with Gasteiger partial charge in [-0.3, -0.25) is 5.32 Å². The Bertz CT molecular complexity index is 641. The van der Waals surface area contributed by atoms with Crippen LogP contribution in [0.3, 0.4) is 0 Å². The lowest BCUT2D eigenvalue weighted by molar-refractivity contribution is 0.0453. The highest BCUT2D eigenvalue weighted by Gasteiger charge is 2.14. The molecule has 0 fully saturated rings. The normalized spacial score (nSPS) is 10.2. The zero-order valence-corrected chi connectivity index (χ0v) is 12.3. The van der Waals surface area contributed by atoms with Crippen LogP contribution in [-0.2, 0) is 16.1 Å². The Morgan fingerprint density at radius 1 is 1.13 bits per heavy atom. The van der Waals surface area contributed by atoms with Gasteiger partial charge in [-0.1, -0.05) is 30.3 Å². The number of ether oxygens (including phenoxy) is 3. The van der Waals surface area contributed by atoms with Crippen molar-refractivity contribution < 1.29 is 27.8 Å². The molecule has 122 valence electrons. The molecular weight excluding hydrogens is 308 g/mol. The molecular formula is C16H15F2NO4. The number of methoxy groups -OCH3 is 1. The third-order valence-electron chi connectivity index (χ3n) is 2.78. The third kappa shape index (κ3) is 4.93. The van der Waals surface area contributed by atoms with Crippen LogP contribution in [0, 0.1) is 11.6 Å². The van der Waals surface area contributed by atoms with Crippen LogP contribution >= 0.6 is 0 Å². The molecule has 23 heavy (non-hydrogen) atoms. The van der Waals surface area contributed by atoms with E-state index >= 15 is 0 Å². The van der Waals surface area contributed by atoms with Crippen LogP contribution in [0.15, 0.2) is 42.5 Å². The minimum absolute atomic E-state index is 0.0483. The molecule has 0 aliphatic heterocycles.